The van der Waals surface area contributed by atoms with Crippen molar-refractivity contribution in [3.8, 4) is 0 Å². The number of rotatable bonds is 9. The lowest BCUT2D eigenvalue weighted by Gasteiger charge is -2.25. The van der Waals surface area contributed by atoms with Crippen molar-refractivity contribution in [3.63, 3.8) is 0 Å². The number of amides is 1. The van der Waals surface area contributed by atoms with Crippen molar-refractivity contribution in [2.24, 2.45) is 0 Å². The predicted molar refractivity (Wildman–Crippen MR) is 99.7 cm³/mol. The highest BCUT2D eigenvalue weighted by atomic mass is 16.6. The maximum atomic E-state index is 12.4. The van der Waals surface area contributed by atoms with Gasteiger partial charge in [0.05, 0.1) is 26.1 Å². The molecule has 0 fully saturated rings. The summed E-state index contributed by atoms with van der Waals surface area (Å²) >= 11 is 0. The molecule has 0 radical (unpaired) electrons. The van der Waals surface area contributed by atoms with Crippen LogP contribution in [0.5, 0.6) is 0 Å². The number of benzene rings is 1. The lowest BCUT2D eigenvalue weighted by atomic mass is 10.2. The summed E-state index contributed by atoms with van der Waals surface area (Å²) in [6, 6.07) is 8.73. The molecule has 1 aromatic carbocycles. The Bertz CT molecular complexity index is 913. The van der Waals surface area contributed by atoms with E-state index in [1.165, 1.54) is 19.8 Å². The van der Waals surface area contributed by atoms with Gasteiger partial charge < -0.3 is 25.0 Å². The summed E-state index contributed by atoms with van der Waals surface area (Å²) in [5, 5.41) is 21.4. The van der Waals surface area contributed by atoms with E-state index in [2.05, 4.69) is 20.3 Å². The van der Waals surface area contributed by atoms with Gasteiger partial charge in [-0.2, -0.15) is 0 Å². The second kappa shape index (κ2) is 9.33. The third-order valence-corrected chi connectivity index (χ3v) is 4.08. The van der Waals surface area contributed by atoms with Crippen molar-refractivity contribution in [2.45, 2.75) is 12.3 Å². The standard InChI is InChI=1S/C18H21N5O5/c1-27-13(9-25)18(28-8-7-24)23-11-21-14-15(19-10-20-16(14)23)22-17(26)12-5-3-2-4-6-12/h2-6,10-11,13,18,24-25H,7-9H2,1H3,(H,19,20,22,26)/t13-,18-/m1/s1. The number of anilines is 1. The Kier molecular flexibility index (Phi) is 6.61. The normalized spacial score (nSPS) is 13.4. The average molecular weight is 387 g/mol. The van der Waals surface area contributed by atoms with Crippen LogP contribution in [-0.4, -0.2) is 68.7 Å². The molecule has 0 saturated heterocycles. The smallest absolute Gasteiger partial charge is 0.256 e. The van der Waals surface area contributed by atoms with Crippen LogP contribution in [0.1, 0.15) is 16.6 Å². The molecule has 2 atom stereocenters. The van der Waals surface area contributed by atoms with Crippen molar-refractivity contribution in [1.29, 1.82) is 0 Å². The molecule has 3 rings (SSSR count). The van der Waals surface area contributed by atoms with E-state index in [1.54, 1.807) is 28.8 Å². The van der Waals surface area contributed by atoms with Gasteiger partial charge in [-0.25, -0.2) is 15.0 Å². The summed E-state index contributed by atoms with van der Waals surface area (Å²) < 4.78 is 12.4. The van der Waals surface area contributed by atoms with E-state index in [-0.39, 0.29) is 31.5 Å². The quantitative estimate of drug-likeness (QED) is 0.486. The summed E-state index contributed by atoms with van der Waals surface area (Å²) in [4.78, 5) is 25.1. The molecule has 10 heteroatoms. The molecule has 2 aromatic heterocycles. The van der Waals surface area contributed by atoms with Crippen molar-refractivity contribution >= 4 is 22.9 Å². The van der Waals surface area contributed by atoms with Gasteiger partial charge in [-0.3, -0.25) is 9.36 Å². The van der Waals surface area contributed by atoms with E-state index in [0.717, 1.165) is 0 Å². The Morgan fingerprint density at radius 2 is 2.00 bits per heavy atom. The summed E-state index contributed by atoms with van der Waals surface area (Å²) in [6.45, 7) is -0.472. The van der Waals surface area contributed by atoms with Gasteiger partial charge in [0.15, 0.2) is 23.2 Å². The second-order valence-electron chi connectivity index (χ2n) is 5.81. The van der Waals surface area contributed by atoms with E-state index in [4.69, 9.17) is 14.6 Å². The summed E-state index contributed by atoms with van der Waals surface area (Å²) in [5.74, 6) is -0.0789. The third kappa shape index (κ3) is 4.15. The number of carbonyl (C=O) groups is 1. The zero-order chi connectivity index (χ0) is 19.9. The zero-order valence-corrected chi connectivity index (χ0v) is 15.2. The highest BCUT2D eigenvalue weighted by molar-refractivity contribution is 6.06. The largest absolute Gasteiger partial charge is 0.394 e. The van der Waals surface area contributed by atoms with Gasteiger partial charge in [0.1, 0.15) is 12.4 Å². The lowest BCUT2D eigenvalue weighted by Crippen LogP contribution is -2.32. The van der Waals surface area contributed by atoms with Gasteiger partial charge in [-0.1, -0.05) is 18.2 Å². The number of nitrogens with zero attached hydrogens (tertiary/aromatic N) is 4. The SMILES string of the molecule is CO[C@H](CO)[C@@H](OCCO)n1cnc2c(NC(=O)c3ccccc3)ncnc21. The van der Waals surface area contributed by atoms with Gasteiger partial charge in [0.25, 0.3) is 5.91 Å². The van der Waals surface area contributed by atoms with Gasteiger partial charge >= 0.3 is 0 Å². The fourth-order valence-electron chi connectivity index (χ4n) is 2.72. The van der Waals surface area contributed by atoms with Gasteiger partial charge in [0, 0.05) is 12.7 Å². The molecule has 0 spiro atoms. The minimum absolute atomic E-state index is 0.0346. The number of aromatic nitrogens is 4. The van der Waals surface area contributed by atoms with Crippen LogP contribution in [0.3, 0.4) is 0 Å². The van der Waals surface area contributed by atoms with Gasteiger partial charge in [-0.05, 0) is 12.1 Å². The van der Waals surface area contributed by atoms with Crippen LogP contribution in [0.15, 0.2) is 43.0 Å². The molecule has 0 aliphatic heterocycles. The number of nitrogens with one attached hydrogen (secondary N) is 1. The number of aliphatic hydroxyl groups excluding tert-OH is 2. The number of imidazole rings is 1. The van der Waals surface area contributed by atoms with Crippen molar-refractivity contribution < 1.29 is 24.5 Å². The highest BCUT2D eigenvalue weighted by Gasteiger charge is 2.26. The van der Waals surface area contributed by atoms with E-state index in [1.807, 2.05) is 6.07 Å². The van der Waals surface area contributed by atoms with E-state index in [9.17, 15) is 9.90 Å². The first-order valence-corrected chi connectivity index (χ1v) is 8.59. The average Bonchev–Trinajstić information content (AvgIpc) is 3.16. The maximum absolute atomic E-state index is 12.4. The van der Waals surface area contributed by atoms with Gasteiger partial charge in [-0.15, -0.1) is 0 Å². The highest BCUT2D eigenvalue weighted by Crippen LogP contribution is 2.24. The fourth-order valence-corrected chi connectivity index (χ4v) is 2.72. The second-order valence-corrected chi connectivity index (χ2v) is 5.81. The molecule has 148 valence electrons. The first kappa shape index (κ1) is 19.8. The summed E-state index contributed by atoms with van der Waals surface area (Å²) in [7, 11) is 1.44. The minimum Gasteiger partial charge on any atom is -0.394 e. The molecule has 2 heterocycles. The van der Waals surface area contributed by atoms with Crippen molar-refractivity contribution in [2.75, 3.05) is 32.2 Å². The fraction of sp³-hybridized carbons (Fsp3) is 0.333. The first-order valence-electron chi connectivity index (χ1n) is 8.59. The van der Waals surface area contributed by atoms with Crippen LogP contribution < -0.4 is 5.32 Å². The van der Waals surface area contributed by atoms with Crippen molar-refractivity contribution in [1.82, 2.24) is 19.5 Å². The van der Waals surface area contributed by atoms with Gasteiger partial charge in [0.2, 0.25) is 0 Å². The molecular weight excluding hydrogens is 366 g/mol. The minimum atomic E-state index is -0.778. The number of methoxy groups -OCH3 is 1. The molecule has 10 nitrogen and oxygen atoms in total. The summed E-state index contributed by atoms with van der Waals surface area (Å²) in [5.41, 5.74) is 1.23. The van der Waals surface area contributed by atoms with Crippen molar-refractivity contribution in [3.05, 3.63) is 48.5 Å². The molecule has 0 saturated carbocycles. The molecular formula is C18H21N5O5. The number of aliphatic hydroxyl groups is 2. The Labute approximate surface area is 160 Å². The van der Waals surface area contributed by atoms with E-state index in [0.29, 0.717) is 16.7 Å². The zero-order valence-electron chi connectivity index (χ0n) is 15.2. The molecule has 0 unspecified atom stereocenters. The molecule has 0 aliphatic rings. The molecule has 0 bridgehead atoms. The number of ether oxygens (including phenoxy) is 2. The number of hydrogen-bond acceptors (Lipinski definition) is 8. The van der Waals surface area contributed by atoms with Crippen LogP contribution in [0.25, 0.3) is 11.2 Å². The molecule has 3 N–H and O–H groups in total. The predicted octanol–water partition coefficient (Wildman–Crippen LogP) is 0.593. The monoisotopic (exact) mass is 387 g/mol. The van der Waals surface area contributed by atoms with Crippen LogP contribution in [0.2, 0.25) is 0 Å². The van der Waals surface area contributed by atoms with Crippen LogP contribution >= 0.6 is 0 Å². The summed E-state index contributed by atoms with van der Waals surface area (Å²) in [6.07, 6.45) is 1.27. The Hall–Kier alpha value is -2.92. The third-order valence-electron chi connectivity index (χ3n) is 4.08. The maximum Gasteiger partial charge on any atom is 0.256 e. The lowest BCUT2D eigenvalue weighted by molar-refractivity contribution is -0.117. The van der Waals surface area contributed by atoms with E-state index >= 15 is 0 Å². The molecule has 0 aliphatic carbocycles. The Balaban J connectivity index is 1.94. The molecule has 1 amide bonds. The Morgan fingerprint density at radius 1 is 1.21 bits per heavy atom. The van der Waals surface area contributed by atoms with Crippen LogP contribution in [0.4, 0.5) is 5.82 Å². The topological polar surface area (TPSA) is 132 Å². The molecule has 3 aromatic rings. The van der Waals surface area contributed by atoms with Crippen LogP contribution in [-0.2, 0) is 9.47 Å². The van der Waals surface area contributed by atoms with E-state index < -0.39 is 12.3 Å². The number of carbonyl (C=O) groups excluding carboxylic acids is 1. The Morgan fingerprint density at radius 3 is 2.68 bits per heavy atom. The molecule has 28 heavy (non-hydrogen) atoms. The number of hydrogen-bond donors (Lipinski definition) is 3. The number of fused-ring (bicyclic) bond motifs is 1. The van der Waals surface area contributed by atoms with Crippen LogP contribution in [0, 0.1) is 0 Å². The first-order chi connectivity index (χ1) is 13.7.